The van der Waals surface area contributed by atoms with E-state index in [1.54, 1.807) is 0 Å². The Hall–Kier alpha value is -0.740. The lowest BCUT2D eigenvalue weighted by molar-refractivity contribution is 0.866. The highest BCUT2D eigenvalue weighted by atomic mass is 79.9. The number of aliphatic imine (C=N–C) groups is 1. The Morgan fingerprint density at radius 3 is 2.33 bits per heavy atom. The molecule has 84 valence electrons. The number of guanidine groups is 1. The molecule has 0 atom stereocenters. The fourth-order valence-corrected chi connectivity index (χ4v) is 1.60. The molecular weight excluding hydrogens is 277 g/mol. The zero-order valence-corrected chi connectivity index (χ0v) is 11.1. The molecule has 0 heterocycles. The van der Waals surface area contributed by atoms with Gasteiger partial charge in [0.2, 0.25) is 0 Å². The molecule has 0 bridgehead atoms. The van der Waals surface area contributed by atoms with E-state index in [0.717, 1.165) is 10.2 Å². The molecule has 0 aliphatic carbocycles. The SMILES string of the molecule is CC(C)c1ccc(N=C(N)N)c(Br)c1.Cl. The molecule has 0 aromatic heterocycles. The van der Waals surface area contributed by atoms with Gasteiger partial charge in [0, 0.05) is 4.47 Å². The van der Waals surface area contributed by atoms with Gasteiger partial charge in [-0.2, -0.15) is 0 Å². The van der Waals surface area contributed by atoms with Gasteiger partial charge in [-0.15, -0.1) is 12.4 Å². The first-order chi connectivity index (χ1) is 6.50. The van der Waals surface area contributed by atoms with Crippen LogP contribution < -0.4 is 11.5 Å². The van der Waals surface area contributed by atoms with Gasteiger partial charge >= 0.3 is 0 Å². The van der Waals surface area contributed by atoms with Crippen molar-refractivity contribution in [3.8, 4) is 0 Å². The fraction of sp³-hybridized carbons (Fsp3) is 0.300. The van der Waals surface area contributed by atoms with Crippen LogP contribution in [0.4, 0.5) is 5.69 Å². The maximum absolute atomic E-state index is 5.30. The van der Waals surface area contributed by atoms with Gasteiger partial charge in [0.15, 0.2) is 5.96 Å². The molecule has 0 fully saturated rings. The van der Waals surface area contributed by atoms with Crippen molar-refractivity contribution in [2.75, 3.05) is 0 Å². The van der Waals surface area contributed by atoms with Crippen LogP contribution in [0.2, 0.25) is 0 Å². The second kappa shape index (κ2) is 5.98. The Morgan fingerprint density at radius 2 is 1.93 bits per heavy atom. The van der Waals surface area contributed by atoms with Crippen molar-refractivity contribution in [3.63, 3.8) is 0 Å². The molecular formula is C10H15BrClN3. The van der Waals surface area contributed by atoms with E-state index in [1.807, 2.05) is 18.2 Å². The fourth-order valence-electron chi connectivity index (χ4n) is 1.11. The number of hydrogen-bond acceptors (Lipinski definition) is 1. The smallest absolute Gasteiger partial charge is 0.191 e. The normalized spacial score (nSPS) is 9.60. The van der Waals surface area contributed by atoms with Crippen molar-refractivity contribution in [3.05, 3.63) is 28.2 Å². The predicted octanol–water partition coefficient (Wildman–Crippen LogP) is 2.90. The number of nitrogens with zero attached hydrogens (tertiary/aromatic N) is 1. The van der Waals surface area contributed by atoms with Crippen molar-refractivity contribution in [2.24, 2.45) is 16.5 Å². The van der Waals surface area contributed by atoms with Crippen molar-refractivity contribution in [1.82, 2.24) is 0 Å². The van der Waals surface area contributed by atoms with Crippen LogP contribution in [0.5, 0.6) is 0 Å². The van der Waals surface area contributed by atoms with Crippen LogP contribution >= 0.6 is 28.3 Å². The van der Waals surface area contributed by atoms with Crippen molar-refractivity contribution in [2.45, 2.75) is 19.8 Å². The third kappa shape index (κ3) is 4.10. The van der Waals surface area contributed by atoms with Gasteiger partial charge in [-0.05, 0) is 39.5 Å². The molecule has 0 saturated carbocycles. The van der Waals surface area contributed by atoms with Crippen LogP contribution in [0, 0.1) is 0 Å². The number of halogens is 2. The minimum Gasteiger partial charge on any atom is -0.370 e. The molecule has 0 radical (unpaired) electrons. The van der Waals surface area contributed by atoms with Crippen molar-refractivity contribution >= 4 is 40.0 Å². The second-order valence-electron chi connectivity index (χ2n) is 3.40. The molecule has 0 unspecified atom stereocenters. The Bertz CT molecular complexity index is 360. The van der Waals surface area contributed by atoms with Crippen LogP contribution in [-0.4, -0.2) is 5.96 Å². The highest BCUT2D eigenvalue weighted by Gasteiger charge is 2.03. The lowest BCUT2D eigenvalue weighted by Crippen LogP contribution is -2.21. The lowest BCUT2D eigenvalue weighted by atomic mass is 10.0. The summed E-state index contributed by atoms with van der Waals surface area (Å²) in [5, 5.41) is 0. The third-order valence-electron chi connectivity index (χ3n) is 1.89. The van der Waals surface area contributed by atoms with Gasteiger partial charge in [0.05, 0.1) is 5.69 Å². The molecule has 15 heavy (non-hydrogen) atoms. The van der Waals surface area contributed by atoms with E-state index in [9.17, 15) is 0 Å². The maximum atomic E-state index is 5.30. The molecule has 1 aromatic rings. The number of nitrogens with two attached hydrogens (primary N) is 2. The average Bonchev–Trinajstić information content (AvgIpc) is 2.07. The van der Waals surface area contributed by atoms with Gasteiger partial charge in [0.25, 0.3) is 0 Å². The Labute approximate surface area is 104 Å². The largest absolute Gasteiger partial charge is 0.370 e. The number of benzene rings is 1. The third-order valence-corrected chi connectivity index (χ3v) is 2.52. The van der Waals surface area contributed by atoms with Crippen molar-refractivity contribution in [1.29, 1.82) is 0 Å². The molecule has 5 heteroatoms. The zero-order chi connectivity index (χ0) is 10.7. The summed E-state index contributed by atoms with van der Waals surface area (Å²) < 4.78 is 0.914. The van der Waals surface area contributed by atoms with E-state index in [1.165, 1.54) is 5.56 Å². The summed E-state index contributed by atoms with van der Waals surface area (Å²) in [5.41, 5.74) is 12.6. The van der Waals surface area contributed by atoms with E-state index in [0.29, 0.717) is 5.92 Å². The van der Waals surface area contributed by atoms with Gasteiger partial charge in [-0.3, -0.25) is 0 Å². The molecule has 0 spiro atoms. The first-order valence-corrected chi connectivity index (χ1v) is 5.19. The predicted molar refractivity (Wildman–Crippen MR) is 70.9 cm³/mol. The van der Waals surface area contributed by atoms with Gasteiger partial charge in [-0.25, -0.2) is 4.99 Å². The molecule has 1 aromatic carbocycles. The van der Waals surface area contributed by atoms with E-state index in [-0.39, 0.29) is 18.4 Å². The molecule has 3 nitrogen and oxygen atoms in total. The van der Waals surface area contributed by atoms with E-state index in [2.05, 4.69) is 34.8 Å². The summed E-state index contributed by atoms with van der Waals surface area (Å²) in [6.45, 7) is 4.28. The Balaban J connectivity index is 0.00000196. The van der Waals surface area contributed by atoms with E-state index >= 15 is 0 Å². The first-order valence-electron chi connectivity index (χ1n) is 4.39. The van der Waals surface area contributed by atoms with Crippen LogP contribution in [0.25, 0.3) is 0 Å². The number of hydrogen-bond donors (Lipinski definition) is 2. The van der Waals surface area contributed by atoms with E-state index < -0.39 is 0 Å². The minimum atomic E-state index is 0. The highest BCUT2D eigenvalue weighted by molar-refractivity contribution is 9.10. The maximum Gasteiger partial charge on any atom is 0.191 e. The lowest BCUT2D eigenvalue weighted by Gasteiger charge is -2.07. The summed E-state index contributed by atoms with van der Waals surface area (Å²) in [6.07, 6.45) is 0. The molecule has 0 aliphatic rings. The second-order valence-corrected chi connectivity index (χ2v) is 4.26. The minimum absolute atomic E-state index is 0. The molecule has 4 N–H and O–H groups in total. The summed E-state index contributed by atoms with van der Waals surface area (Å²) in [7, 11) is 0. The van der Waals surface area contributed by atoms with Crippen LogP contribution in [-0.2, 0) is 0 Å². The zero-order valence-electron chi connectivity index (χ0n) is 8.70. The highest BCUT2D eigenvalue weighted by Crippen LogP contribution is 2.28. The van der Waals surface area contributed by atoms with Gasteiger partial charge in [0.1, 0.15) is 0 Å². The van der Waals surface area contributed by atoms with Gasteiger partial charge < -0.3 is 11.5 Å². The Morgan fingerprint density at radius 1 is 1.33 bits per heavy atom. The summed E-state index contributed by atoms with van der Waals surface area (Å²) in [6, 6.07) is 5.96. The molecule has 0 aliphatic heterocycles. The average molecular weight is 293 g/mol. The van der Waals surface area contributed by atoms with Crippen LogP contribution in [0.15, 0.2) is 27.7 Å². The van der Waals surface area contributed by atoms with Gasteiger partial charge in [-0.1, -0.05) is 19.9 Å². The molecule has 0 saturated heterocycles. The quantitative estimate of drug-likeness (QED) is 0.650. The molecule has 1 rings (SSSR count). The van der Waals surface area contributed by atoms with Crippen LogP contribution in [0.1, 0.15) is 25.3 Å². The number of rotatable bonds is 2. The summed E-state index contributed by atoms with van der Waals surface area (Å²) in [5.74, 6) is 0.572. The van der Waals surface area contributed by atoms with E-state index in [4.69, 9.17) is 11.5 Å². The molecule has 0 amide bonds. The summed E-state index contributed by atoms with van der Waals surface area (Å²) in [4.78, 5) is 3.98. The topological polar surface area (TPSA) is 64.4 Å². The van der Waals surface area contributed by atoms with Crippen LogP contribution in [0.3, 0.4) is 0 Å². The monoisotopic (exact) mass is 291 g/mol. The standard InChI is InChI=1S/C10H14BrN3.ClH/c1-6(2)7-3-4-9(8(11)5-7)14-10(12)13;/h3-6H,1-2H3,(H4,12,13,14);1H. The summed E-state index contributed by atoms with van der Waals surface area (Å²) >= 11 is 3.43. The Kier molecular flexibility index (Phi) is 5.68. The first kappa shape index (κ1) is 14.3. The van der Waals surface area contributed by atoms with Crippen molar-refractivity contribution < 1.29 is 0 Å².